The Kier molecular flexibility index (Phi) is 7.45. The summed E-state index contributed by atoms with van der Waals surface area (Å²) in [6.07, 6.45) is 2.56. The zero-order valence-electron chi connectivity index (χ0n) is 15.8. The highest BCUT2D eigenvalue weighted by molar-refractivity contribution is 5.68. The van der Waals surface area contributed by atoms with Crippen LogP contribution in [0, 0.1) is 0 Å². The third kappa shape index (κ3) is 5.76. The molecule has 5 nitrogen and oxygen atoms in total. The van der Waals surface area contributed by atoms with Crippen molar-refractivity contribution in [3.63, 3.8) is 0 Å². The van der Waals surface area contributed by atoms with E-state index in [4.69, 9.17) is 4.74 Å². The zero-order valence-corrected chi connectivity index (χ0v) is 15.8. The Bertz CT molecular complexity index is 753. The van der Waals surface area contributed by atoms with Gasteiger partial charge in [0.25, 0.3) is 5.56 Å². The monoisotopic (exact) mass is 356 g/mol. The Hall–Kier alpha value is -2.56. The Morgan fingerprint density at radius 2 is 1.88 bits per heavy atom. The van der Waals surface area contributed by atoms with Crippen molar-refractivity contribution in [1.82, 2.24) is 9.88 Å². The molecule has 1 heterocycles. The fourth-order valence-electron chi connectivity index (χ4n) is 2.63. The van der Waals surface area contributed by atoms with Crippen LogP contribution in [-0.4, -0.2) is 22.0 Å². The molecule has 0 spiro atoms. The normalized spacial score (nSPS) is 10.8. The molecule has 0 fully saturated rings. The third-order valence-electron chi connectivity index (χ3n) is 4.25. The Morgan fingerprint density at radius 1 is 1.15 bits per heavy atom. The van der Waals surface area contributed by atoms with Gasteiger partial charge in [0.2, 0.25) is 0 Å². The molecule has 0 atom stereocenters. The summed E-state index contributed by atoms with van der Waals surface area (Å²) in [7, 11) is 0. The Balaban J connectivity index is 2.03. The Morgan fingerprint density at radius 3 is 2.50 bits per heavy atom. The average molecular weight is 356 g/mol. The van der Waals surface area contributed by atoms with E-state index in [1.807, 2.05) is 56.3 Å². The first-order chi connectivity index (χ1) is 12.5. The van der Waals surface area contributed by atoms with Gasteiger partial charge in [-0.25, -0.2) is 4.79 Å². The van der Waals surface area contributed by atoms with Gasteiger partial charge in [-0.15, -0.1) is 0 Å². The molecular formula is C21H28N2O3. The van der Waals surface area contributed by atoms with Crippen molar-refractivity contribution in [3.8, 4) is 0 Å². The summed E-state index contributed by atoms with van der Waals surface area (Å²) in [6, 6.07) is 13.2. The molecule has 26 heavy (non-hydrogen) atoms. The minimum atomic E-state index is -0.418. The standard InChI is InChI=1S/C21H28N2O3/c1-4-5-11-19-13-12-18(20(24)22-19)14-23(16(2)3)21(25)26-15-17-9-7-6-8-10-17/h6-10,12-13,16H,4-5,11,14-15H2,1-3H3,(H,22,24). The van der Waals surface area contributed by atoms with Gasteiger partial charge in [-0.1, -0.05) is 43.7 Å². The molecule has 1 aromatic heterocycles. The van der Waals surface area contributed by atoms with Crippen molar-refractivity contribution in [2.45, 2.75) is 59.2 Å². The van der Waals surface area contributed by atoms with E-state index < -0.39 is 6.09 Å². The molecule has 0 radical (unpaired) electrons. The van der Waals surface area contributed by atoms with Crippen LogP contribution in [0.15, 0.2) is 47.3 Å². The lowest BCUT2D eigenvalue weighted by Crippen LogP contribution is -2.38. The van der Waals surface area contributed by atoms with Crippen LogP contribution in [0.25, 0.3) is 0 Å². The number of amides is 1. The molecule has 0 unspecified atom stereocenters. The maximum absolute atomic E-state index is 12.5. The van der Waals surface area contributed by atoms with E-state index in [1.165, 1.54) is 0 Å². The minimum Gasteiger partial charge on any atom is -0.445 e. The lowest BCUT2D eigenvalue weighted by molar-refractivity contribution is 0.0827. The number of carbonyl (C=O) groups excluding carboxylic acids is 1. The first-order valence-corrected chi connectivity index (χ1v) is 9.19. The molecule has 2 rings (SSSR count). The van der Waals surface area contributed by atoms with Crippen LogP contribution in [0.5, 0.6) is 0 Å². The van der Waals surface area contributed by atoms with Crippen LogP contribution >= 0.6 is 0 Å². The number of hydrogen-bond donors (Lipinski definition) is 1. The lowest BCUT2D eigenvalue weighted by Gasteiger charge is -2.25. The van der Waals surface area contributed by atoms with Gasteiger partial charge in [-0.05, 0) is 44.4 Å². The number of carbonyl (C=O) groups is 1. The number of aromatic amines is 1. The van der Waals surface area contributed by atoms with Crippen LogP contribution < -0.4 is 5.56 Å². The number of H-pyrrole nitrogens is 1. The maximum Gasteiger partial charge on any atom is 0.410 e. The van der Waals surface area contributed by atoms with E-state index in [2.05, 4.69) is 11.9 Å². The van der Waals surface area contributed by atoms with E-state index >= 15 is 0 Å². The first kappa shape index (κ1) is 19.8. The molecule has 1 amide bonds. The molecule has 0 aliphatic carbocycles. The molecule has 0 bridgehead atoms. The van der Waals surface area contributed by atoms with Gasteiger partial charge in [-0.2, -0.15) is 0 Å². The van der Waals surface area contributed by atoms with Crippen molar-refractivity contribution in [2.75, 3.05) is 0 Å². The number of nitrogens with one attached hydrogen (secondary N) is 1. The van der Waals surface area contributed by atoms with Crippen LogP contribution in [0.3, 0.4) is 0 Å². The second-order valence-corrected chi connectivity index (χ2v) is 6.70. The second-order valence-electron chi connectivity index (χ2n) is 6.70. The second kappa shape index (κ2) is 9.80. The molecule has 0 saturated heterocycles. The predicted octanol–water partition coefficient (Wildman–Crippen LogP) is 4.26. The number of unbranched alkanes of at least 4 members (excludes halogenated alkanes) is 1. The summed E-state index contributed by atoms with van der Waals surface area (Å²) >= 11 is 0. The topological polar surface area (TPSA) is 62.4 Å². The van der Waals surface area contributed by atoms with Gasteiger partial charge >= 0.3 is 6.09 Å². The van der Waals surface area contributed by atoms with Crippen LogP contribution in [0.1, 0.15) is 50.4 Å². The maximum atomic E-state index is 12.5. The summed E-state index contributed by atoms with van der Waals surface area (Å²) in [5.74, 6) is 0. The van der Waals surface area contributed by atoms with Gasteiger partial charge in [0.1, 0.15) is 6.61 Å². The third-order valence-corrected chi connectivity index (χ3v) is 4.25. The number of nitrogens with zero attached hydrogens (tertiary/aromatic N) is 1. The highest BCUT2D eigenvalue weighted by Crippen LogP contribution is 2.10. The molecule has 0 aliphatic rings. The summed E-state index contributed by atoms with van der Waals surface area (Å²) in [4.78, 5) is 29.3. The van der Waals surface area contributed by atoms with E-state index in [-0.39, 0.29) is 24.8 Å². The molecule has 1 aromatic carbocycles. The van der Waals surface area contributed by atoms with Crippen molar-refractivity contribution in [3.05, 3.63) is 69.6 Å². The molecule has 140 valence electrons. The molecule has 2 aromatic rings. The van der Waals surface area contributed by atoms with Gasteiger partial charge < -0.3 is 14.6 Å². The average Bonchev–Trinajstić information content (AvgIpc) is 2.64. The van der Waals surface area contributed by atoms with Gasteiger partial charge in [-0.3, -0.25) is 4.79 Å². The fraction of sp³-hybridized carbons (Fsp3) is 0.429. The Labute approximate surface area is 155 Å². The molecule has 1 N–H and O–H groups in total. The highest BCUT2D eigenvalue weighted by Gasteiger charge is 2.20. The highest BCUT2D eigenvalue weighted by atomic mass is 16.6. The largest absolute Gasteiger partial charge is 0.445 e. The summed E-state index contributed by atoms with van der Waals surface area (Å²) < 4.78 is 5.42. The number of benzene rings is 1. The number of rotatable bonds is 8. The van der Waals surface area contributed by atoms with Gasteiger partial charge in [0, 0.05) is 17.3 Å². The predicted molar refractivity (Wildman–Crippen MR) is 103 cm³/mol. The van der Waals surface area contributed by atoms with E-state index in [1.54, 1.807) is 4.90 Å². The summed E-state index contributed by atoms with van der Waals surface area (Å²) in [6.45, 7) is 6.39. The zero-order chi connectivity index (χ0) is 18.9. The van der Waals surface area contributed by atoms with E-state index in [0.717, 1.165) is 30.5 Å². The number of hydrogen-bond acceptors (Lipinski definition) is 3. The number of pyridine rings is 1. The SMILES string of the molecule is CCCCc1ccc(CN(C(=O)OCc2ccccc2)C(C)C)c(=O)[nH]1. The summed E-state index contributed by atoms with van der Waals surface area (Å²) in [5, 5.41) is 0. The minimum absolute atomic E-state index is 0.0718. The number of ether oxygens (including phenoxy) is 1. The van der Waals surface area contributed by atoms with Crippen molar-refractivity contribution >= 4 is 6.09 Å². The quantitative estimate of drug-likeness (QED) is 0.768. The van der Waals surface area contributed by atoms with Crippen molar-refractivity contribution in [2.24, 2.45) is 0 Å². The summed E-state index contributed by atoms with van der Waals surface area (Å²) in [5.41, 5.74) is 2.29. The number of aromatic nitrogens is 1. The molecule has 0 saturated carbocycles. The fourth-order valence-corrected chi connectivity index (χ4v) is 2.63. The first-order valence-electron chi connectivity index (χ1n) is 9.19. The van der Waals surface area contributed by atoms with Crippen LogP contribution in [0.2, 0.25) is 0 Å². The number of aryl methyl sites for hydroxylation is 1. The van der Waals surface area contributed by atoms with Crippen molar-refractivity contribution in [1.29, 1.82) is 0 Å². The van der Waals surface area contributed by atoms with Crippen molar-refractivity contribution < 1.29 is 9.53 Å². The lowest BCUT2D eigenvalue weighted by atomic mass is 10.1. The van der Waals surface area contributed by atoms with Crippen LogP contribution in [-0.2, 0) is 24.3 Å². The van der Waals surface area contributed by atoms with Gasteiger partial charge in [0.05, 0.1) is 6.54 Å². The van der Waals surface area contributed by atoms with Gasteiger partial charge in [0.15, 0.2) is 0 Å². The molecule has 5 heteroatoms. The smallest absolute Gasteiger partial charge is 0.410 e. The molecular weight excluding hydrogens is 328 g/mol. The van der Waals surface area contributed by atoms with E-state index in [0.29, 0.717) is 5.56 Å². The molecule has 0 aliphatic heterocycles. The van der Waals surface area contributed by atoms with Crippen LogP contribution in [0.4, 0.5) is 4.79 Å². The van der Waals surface area contributed by atoms with E-state index in [9.17, 15) is 9.59 Å².